The lowest BCUT2D eigenvalue weighted by molar-refractivity contribution is 0.285. The Labute approximate surface area is 185 Å². The maximum Gasteiger partial charge on any atom is 0.200 e. The Balaban J connectivity index is 1.45. The standard InChI is InChI=1S/C23H26F2N6O/c24-18-12-17(13-20(21(18)25)32-11-4-2-1-3-7-26)31-10-6-19-16(15-31)14-29-23(30-19)22-27-8-5-9-28-22/h5,8-9,12-14H,1-4,6-7,10-11,15,26H2. The molecule has 168 valence electrons. The first-order valence-electron chi connectivity index (χ1n) is 10.8. The molecule has 0 fully saturated rings. The predicted molar refractivity (Wildman–Crippen MR) is 117 cm³/mol. The summed E-state index contributed by atoms with van der Waals surface area (Å²) < 4.78 is 34.1. The van der Waals surface area contributed by atoms with E-state index in [9.17, 15) is 8.78 Å². The van der Waals surface area contributed by atoms with Crippen LogP contribution in [-0.4, -0.2) is 39.6 Å². The molecule has 0 spiro atoms. The number of anilines is 1. The zero-order valence-corrected chi connectivity index (χ0v) is 17.8. The van der Waals surface area contributed by atoms with Crippen molar-refractivity contribution in [3.8, 4) is 17.4 Å². The minimum atomic E-state index is -0.955. The van der Waals surface area contributed by atoms with Gasteiger partial charge < -0.3 is 15.4 Å². The third-order valence-corrected chi connectivity index (χ3v) is 5.40. The summed E-state index contributed by atoms with van der Waals surface area (Å²) in [6.45, 7) is 2.11. The monoisotopic (exact) mass is 440 g/mol. The summed E-state index contributed by atoms with van der Waals surface area (Å²) >= 11 is 0. The molecule has 7 nitrogen and oxygen atoms in total. The Kier molecular flexibility index (Phi) is 7.16. The molecular weight excluding hydrogens is 414 g/mol. The van der Waals surface area contributed by atoms with E-state index in [0.29, 0.717) is 50.0 Å². The van der Waals surface area contributed by atoms with Crippen molar-refractivity contribution >= 4 is 5.69 Å². The summed E-state index contributed by atoms with van der Waals surface area (Å²) in [6, 6.07) is 4.51. The molecule has 0 unspecified atom stereocenters. The molecule has 0 radical (unpaired) electrons. The van der Waals surface area contributed by atoms with Crippen LogP contribution in [0.1, 0.15) is 36.9 Å². The van der Waals surface area contributed by atoms with Gasteiger partial charge in [0.05, 0.1) is 12.3 Å². The van der Waals surface area contributed by atoms with E-state index in [1.54, 1.807) is 30.7 Å². The molecule has 1 aromatic carbocycles. The fraction of sp³-hybridized carbons (Fsp3) is 0.391. The summed E-state index contributed by atoms with van der Waals surface area (Å²) in [7, 11) is 0. The van der Waals surface area contributed by atoms with Crippen LogP contribution < -0.4 is 15.4 Å². The van der Waals surface area contributed by atoms with Gasteiger partial charge in [0.15, 0.2) is 23.2 Å². The molecule has 0 aliphatic carbocycles. The van der Waals surface area contributed by atoms with Crippen LogP contribution in [0.4, 0.5) is 14.5 Å². The van der Waals surface area contributed by atoms with E-state index in [2.05, 4.69) is 19.9 Å². The quantitative estimate of drug-likeness (QED) is 0.508. The fourth-order valence-electron chi connectivity index (χ4n) is 3.68. The Bertz CT molecular complexity index is 1050. The molecule has 1 aliphatic heterocycles. The number of benzene rings is 1. The Hall–Kier alpha value is -3.20. The van der Waals surface area contributed by atoms with Gasteiger partial charge in [-0.1, -0.05) is 12.8 Å². The van der Waals surface area contributed by atoms with Gasteiger partial charge in [-0.25, -0.2) is 24.3 Å². The number of fused-ring (bicyclic) bond motifs is 1. The molecule has 0 amide bonds. The second-order valence-corrected chi connectivity index (χ2v) is 7.70. The van der Waals surface area contributed by atoms with Crippen molar-refractivity contribution in [2.45, 2.75) is 38.6 Å². The van der Waals surface area contributed by atoms with Crippen LogP contribution in [0.25, 0.3) is 11.6 Å². The highest BCUT2D eigenvalue weighted by Gasteiger charge is 2.22. The minimum Gasteiger partial charge on any atom is -0.490 e. The molecule has 0 atom stereocenters. The third kappa shape index (κ3) is 5.16. The van der Waals surface area contributed by atoms with Crippen molar-refractivity contribution in [1.29, 1.82) is 0 Å². The molecule has 3 heterocycles. The van der Waals surface area contributed by atoms with Crippen molar-refractivity contribution in [3.05, 3.63) is 59.7 Å². The summed E-state index contributed by atoms with van der Waals surface area (Å²) in [4.78, 5) is 19.3. The van der Waals surface area contributed by atoms with Gasteiger partial charge in [-0.2, -0.15) is 4.39 Å². The normalized spacial score (nSPS) is 13.2. The number of hydrogen-bond acceptors (Lipinski definition) is 7. The molecule has 9 heteroatoms. The van der Waals surface area contributed by atoms with E-state index in [1.807, 2.05) is 4.90 Å². The lowest BCUT2D eigenvalue weighted by Gasteiger charge is -2.30. The van der Waals surface area contributed by atoms with Crippen molar-refractivity contribution in [3.63, 3.8) is 0 Å². The maximum absolute atomic E-state index is 14.3. The van der Waals surface area contributed by atoms with Gasteiger partial charge in [-0.15, -0.1) is 0 Å². The molecule has 3 aromatic rings. The van der Waals surface area contributed by atoms with Crippen LogP contribution in [0.2, 0.25) is 0 Å². The molecular formula is C23H26F2N6O. The molecule has 2 N–H and O–H groups in total. The molecule has 2 aromatic heterocycles. The number of halogens is 2. The van der Waals surface area contributed by atoms with E-state index >= 15 is 0 Å². The van der Waals surface area contributed by atoms with Crippen LogP contribution in [0.15, 0.2) is 36.8 Å². The molecule has 0 saturated heterocycles. The highest BCUT2D eigenvalue weighted by atomic mass is 19.2. The second-order valence-electron chi connectivity index (χ2n) is 7.70. The fourth-order valence-corrected chi connectivity index (χ4v) is 3.68. The predicted octanol–water partition coefficient (Wildman–Crippen LogP) is 3.67. The van der Waals surface area contributed by atoms with Crippen LogP contribution in [0.3, 0.4) is 0 Å². The number of aromatic nitrogens is 4. The summed E-state index contributed by atoms with van der Waals surface area (Å²) in [5.41, 5.74) is 7.90. The molecule has 0 saturated carbocycles. The van der Waals surface area contributed by atoms with Crippen LogP contribution in [0.5, 0.6) is 5.75 Å². The Morgan fingerprint density at radius 3 is 2.62 bits per heavy atom. The van der Waals surface area contributed by atoms with E-state index in [0.717, 1.165) is 36.9 Å². The highest BCUT2D eigenvalue weighted by Crippen LogP contribution is 2.31. The maximum atomic E-state index is 14.3. The van der Waals surface area contributed by atoms with Gasteiger partial charge in [0, 0.05) is 61.5 Å². The highest BCUT2D eigenvalue weighted by molar-refractivity contribution is 5.54. The van der Waals surface area contributed by atoms with Crippen molar-refractivity contribution in [2.75, 3.05) is 24.6 Å². The van der Waals surface area contributed by atoms with E-state index in [4.69, 9.17) is 10.5 Å². The SMILES string of the molecule is NCCCCCCOc1cc(N2CCc3nc(-c4ncccn4)ncc3C2)cc(F)c1F. The number of rotatable bonds is 9. The number of ether oxygens (including phenoxy) is 1. The smallest absolute Gasteiger partial charge is 0.200 e. The van der Waals surface area contributed by atoms with E-state index < -0.39 is 11.6 Å². The number of nitrogens with two attached hydrogens (primary N) is 1. The summed E-state index contributed by atoms with van der Waals surface area (Å²) in [5.74, 6) is -0.975. The van der Waals surface area contributed by atoms with Gasteiger partial charge in [-0.05, 0) is 25.5 Å². The Morgan fingerprint density at radius 1 is 1.00 bits per heavy atom. The molecule has 0 bridgehead atoms. The molecule has 32 heavy (non-hydrogen) atoms. The van der Waals surface area contributed by atoms with E-state index in [1.165, 1.54) is 6.07 Å². The topological polar surface area (TPSA) is 90.1 Å². The zero-order valence-electron chi connectivity index (χ0n) is 17.8. The Morgan fingerprint density at radius 2 is 1.81 bits per heavy atom. The average Bonchev–Trinajstić information content (AvgIpc) is 2.83. The first-order chi connectivity index (χ1) is 15.7. The number of hydrogen-bond donors (Lipinski definition) is 1. The number of unbranched alkanes of at least 4 members (excludes halogenated alkanes) is 3. The molecule has 4 rings (SSSR count). The van der Waals surface area contributed by atoms with Crippen molar-refractivity contribution < 1.29 is 13.5 Å². The third-order valence-electron chi connectivity index (χ3n) is 5.40. The molecule has 1 aliphatic rings. The van der Waals surface area contributed by atoms with Gasteiger partial charge in [0.2, 0.25) is 5.82 Å². The number of nitrogens with zero attached hydrogens (tertiary/aromatic N) is 5. The van der Waals surface area contributed by atoms with Crippen LogP contribution >= 0.6 is 0 Å². The minimum absolute atomic E-state index is 0.0579. The van der Waals surface area contributed by atoms with Crippen LogP contribution in [0, 0.1) is 11.6 Å². The van der Waals surface area contributed by atoms with Gasteiger partial charge in [0.1, 0.15) is 0 Å². The van der Waals surface area contributed by atoms with Crippen molar-refractivity contribution in [1.82, 2.24) is 19.9 Å². The largest absolute Gasteiger partial charge is 0.490 e. The van der Waals surface area contributed by atoms with Gasteiger partial charge >= 0.3 is 0 Å². The first-order valence-corrected chi connectivity index (χ1v) is 10.8. The first kappa shape index (κ1) is 22.0. The lowest BCUT2D eigenvalue weighted by atomic mass is 10.1. The van der Waals surface area contributed by atoms with E-state index in [-0.39, 0.29) is 5.75 Å². The second kappa shape index (κ2) is 10.4. The summed E-state index contributed by atoms with van der Waals surface area (Å²) in [5, 5.41) is 0. The van der Waals surface area contributed by atoms with Gasteiger partial charge in [-0.3, -0.25) is 0 Å². The van der Waals surface area contributed by atoms with Crippen LogP contribution in [-0.2, 0) is 13.0 Å². The summed E-state index contributed by atoms with van der Waals surface area (Å²) in [6.07, 6.45) is 9.37. The van der Waals surface area contributed by atoms with Gasteiger partial charge in [0.25, 0.3) is 0 Å². The lowest BCUT2D eigenvalue weighted by Crippen LogP contribution is -2.31. The van der Waals surface area contributed by atoms with Crippen molar-refractivity contribution in [2.24, 2.45) is 5.73 Å². The average molecular weight is 440 g/mol. The zero-order chi connectivity index (χ0) is 22.3.